The average molecular weight is 280 g/mol. The van der Waals surface area contributed by atoms with E-state index in [1.807, 2.05) is 6.92 Å². The lowest BCUT2D eigenvalue weighted by atomic mass is 9.99. The molecule has 0 amide bonds. The molecule has 1 nitrogen and oxygen atoms in total. The highest BCUT2D eigenvalue weighted by Gasteiger charge is 2.16. The van der Waals surface area contributed by atoms with Gasteiger partial charge in [0.25, 0.3) is 0 Å². The topological polar surface area (TPSA) is 26.0 Å². The molecule has 1 aromatic carbocycles. The van der Waals surface area contributed by atoms with Crippen molar-refractivity contribution in [2.75, 3.05) is 0 Å². The molecule has 0 saturated heterocycles. The predicted molar refractivity (Wildman–Crippen MR) is 74.5 cm³/mol. The van der Waals surface area contributed by atoms with Crippen LogP contribution in [-0.4, -0.2) is 0 Å². The van der Waals surface area contributed by atoms with Crippen LogP contribution < -0.4 is 5.73 Å². The Hall–Kier alpha value is -0.310. The Balaban J connectivity index is 0.00000256. The van der Waals surface area contributed by atoms with E-state index in [0.29, 0.717) is 10.6 Å². The summed E-state index contributed by atoms with van der Waals surface area (Å²) in [4.78, 5) is 0. The van der Waals surface area contributed by atoms with Gasteiger partial charge in [0.05, 0.1) is 5.02 Å². The molecule has 2 N–H and O–H groups in total. The van der Waals surface area contributed by atoms with E-state index in [-0.39, 0.29) is 24.3 Å². The van der Waals surface area contributed by atoms with Crippen molar-refractivity contribution in [2.24, 2.45) is 5.73 Å². The van der Waals surface area contributed by atoms with Gasteiger partial charge in [-0.15, -0.1) is 12.4 Å². The SMILES string of the molecule is CCCCC[C@@H](N)c1c(F)ccc(C)c1Cl.Cl. The molecule has 17 heavy (non-hydrogen) atoms. The lowest BCUT2D eigenvalue weighted by molar-refractivity contribution is 0.538. The van der Waals surface area contributed by atoms with Gasteiger partial charge in [0.2, 0.25) is 0 Å². The van der Waals surface area contributed by atoms with Crippen molar-refractivity contribution in [1.29, 1.82) is 0 Å². The Morgan fingerprint density at radius 2 is 2.00 bits per heavy atom. The lowest BCUT2D eigenvalue weighted by Gasteiger charge is -2.15. The maximum atomic E-state index is 13.6. The fourth-order valence-electron chi connectivity index (χ4n) is 1.78. The highest BCUT2D eigenvalue weighted by Crippen LogP contribution is 2.30. The average Bonchev–Trinajstić information content (AvgIpc) is 2.24. The number of aryl methyl sites for hydroxylation is 1. The Bertz CT molecular complexity index is 356. The molecule has 0 bridgehead atoms. The molecule has 0 unspecified atom stereocenters. The molecule has 98 valence electrons. The van der Waals surface area contributed by atoms with Gasteiger partial charge in [0.1, 0.15) is 5.82 Å². The molecule has 1 atom stereocenters. The van der Waals surface area contributed by atoms with E-state index in [2.05, 4.69) is 6.92 Å². The van der Waals surface area contributed by atoms with Crippen LogP contribution in [0.1, 0.15) is 49.8 Å². The minimum Gasteiger partial charge on any atom is -0.324 e. The van der Waals surface area contributed by atoms with Gasteiger partial charge in [-0.3, -0.25) is 0 Å². The van der Waals surface area contributed by atoms with E-state index in [1.54, 1.807) is 6.07 Å². The van der Waals surface area contributed by atoms with Crippen molar-refractivity contribution in [1.82, 2.24) is 0 Å². The zero-order valence-electron chi connectivity index (χ0n) is 10.3. The fourth-order valence-corrected chi connectivity index (χ4v) is 2.07. The summed E-state index contributed by atoms with van der Waals surface area (Å²) in [5.41, 5.74) is 7.33. The summed E-state index contributed by atoms with van der Waals surface area (Å²) >= 11 is 6.09. The largest absolute Gasteiger partial charge is 0.324 e. The third kappa shape index (κ3) is 4.46. The van der Waals surface area contributed by atoms with E-state index in [9.17, 15) is 4.39 Å². The minimum atomic E-state index is -0.293. The second kappa shape index (κ2) is 7.91. The summed E-state index contributed by atoms with van der Waals surface area (Å²) in [6, 6.07) is 2.83. The first-order valence-electron chi connectivity index (χ1n) is 5.78. The van der Waals surface area contributed by atoms with E-state index in [4.69, 9.17) is 17.3 Å². The van der Waals surface area contributed by atoms with Crippen molar-refractivity contribution in [3.05, 3.63) is 34.1 Å². The third-order valence-electron chi connectivity index (χ3n) is 2.81. The van der Waals surface area contributed by atoms with Crippen molar-refractivity contribution >= 4 is 24.0 Å². The summed E-state index contributed by atoms with van der Waals surface area (Å²) in [5.74, 6) is -0.292. The van der Waals surface area contributed by atoms with Crippen LogP contribution in [0, 0.1) is 12.7 Å². The van der Waals surface area contributed by atoms with Crippen LogP contribution in [0.25, 0.3) is 0 Å². The zero-order valence-corrected chi connectivity index (χ0v) is 11.9. The van der Waals surface area contributed by atoms with Gasteiger partial charge in [-0.05, 0) is 25.0 Å². The van der Waals surface area contributed by atoms with Crippen molar-refractivity contribution in [2.45, 2.75) is 45.6 Å². The van der Waals surface area contributed by atoms with Crippen LogP contribution in [0.5, 0.6) is 0 Å². The normalized spacial score (nSPS) is 12.1. The molecule has 0 aromatic heterocycles. The zero-order chi connectivity index (χ0) is 12.1. The third-order valence-corrected chi connectivity index (χ3v) is 3.31. The standard InChI is InChI=1S/C13H19ClFN.ClH/c1-3-4-5-6-11(16)12-10(15)8-7-9(2)13(12)14;/h7-8,11H,3-6,16H2,1-2H3;1H/t11-;/m1./s1. The lowest BCUT2D eigenvalue weighted by Crippen LogP contribution is -2.13. The first-order chi connectivity index (χ1) is 7.57. The van der Waals surface area contributed by atoms with Crippen molar-refractivity contribution in [3.8, 4) is 0 Å². The second-order valence-corrected chi connectivity index (χ2v) is 4.57. The maximum Gasteiger partial charge on any atom is 0.129 e. The summed E-state index contributed by atoms with van der Waals surface area (Å²) in [5, 5.41) is 0.476. The van der Waals surface area contributed by atoms with Crippen LogP contribution in [0.4, 0.5) is 4.39 Å². The van der Waals surface area contributed by atoms with E-state index in [0.717, 1.165) is 31.2 Å². The molecule has 0 heterocycles. The van der Waals surface area contributed by atoms with Gasteiger partial charge in [-0.1, -0.05) is 43.9 Å². The Labute approximate surface area is 114 Å². The molecule has 0 aliphatic carbocycles. The quantitative estimate of drug-likeness (QED) is 0.771. The number of hydrogen-bond acceptors (Lipinski definition) is 1. The van der Waals surface area contributed by atoms with Gasteiger partial charge < -0.3 is 5.73 Å². The van der Waals surface area contributed by atoms with Crippen LogP contribution in [0.15, 0.2) is 12.1 Å². The van der Waals surface area contributed by atoms with Crippen LogP contribution >= 0.6 is 24.0 Å². The summed E-state index contributed by atoms with van der Waals surface area (Å²) < 4.78 is 13.6. The maximum absolute atomic E-state index is 13.6. The summed E-state index contributed by atoms with van der Waals surface area (Å²) in [7, 11) is 0. The molecule has 0 spiro atoms. The number of nitrogens with two attached hydrogens (primary N) is 1. The van der Waals surface area contributed by atoms with Crippen LogP contribution in [0.3, 0.4) is 0 Å². The molecular weight excluding hydrogens is 260 g/mol. The molecule has 0 aliphatic heterocycles. The van der Waals surface area contributed by atoms with Gasteiger partial charge in [0.15, 0.2) is 0 Å². The Morgan fingerprint density at radius 1 is 1.35 bits per heavy atom. The molecule has 0 fully saturated rings. The number of benzene rings is 1. The number of hydrogen-bond donors (Lipinski definition) is 1. The first-order valence-corrected chi connectivity index (χ1v) is 6.15. The number of unbranched alkanes of at least 4 members (excludes halogenated alkanes) is 2. The summed E-state index contributed by atoms with van der Waals surface area (Å²) in [6.07, 6.45) is 4.06. The molecular formula is C13H20Cl2FN. The molecule has 0 aliphatic rings. The molecule has 1 rings (SSSR count). The van der Waals surface area contributed by atoms with Crippen LogP contribution in [-0.2, 0) is 0 Å². The number of halogens is 3. The van der Waals surface area contributed by atoms with E-state index in [1.165, 1.54) is 6.07 Å². The molecule has 0 radical (unpaired) electrons. The highest BCUT2D eigenvalue weighted by atomic mass is 35.5. The fraction of sp³-hybridized carbons (Fsp3) is 0.538. The van der Waals surface area contributed by atoms with Crippen molar-refractivity contribution < 1.29 is 4.39 Å². The Morgan fingerprint density at radius 3 is 2.59 bits per heavy atom. The molecule has 4 heteroatoms. The van der Waals surface area contributed by atoms with E-state index < -0.39 is 0 Å². The first kappa shape index (κ1) is 16.7. The van der Waals surface area contributed by atoms with Gasteiger partial charge in [0, 0.05) is 11.6 Å². The van der Waals surface area contributed by atoms with Gasteiger partial charge in [-0.2, -0.15) is 0 Å². The van der Waals surface area contributed by atoms with E-state index >= 15 is 0 Å². The predicted octanol–water partition coefficient (Wildman–Crippen LogP) is 4.79. The minimum absolute atomic E-state index is 0. The number of rotatable bonds is 5. The smallest absolute Gasteiger partial charge is 0.129 e. The monoisotopic (exact) mass is 279 g/mol. The second-order valence-electron chi connectivity index (χ2n) is 4.19. The van der Waals surface area contributed by atoms with Crippen molar-refractivity contribution in [3.63, 3.8) is 0 Å². The Kier molecular flexibility index (Phi) is 7.77. The van der Waals surface area contributed by atoms with Gasteiger partial charge in [-0.25, -0.2) is 4.39 Å². The van der Waals surface area contributed by atoms with Crippen LogP contribution in [0.2, 0.25) is 5.02 Å². The highest BCUT2D eigenvalue weighted by molar-refractivity contribution is 6.32. The molecule has 1 aromatic rings. The summed E-state index contributed by atoms with van der Waals surface area (Å²) in [6.45, 7) is 4.00. The molecule has 0 saturated carbocycles. The van der Waals surface area contributed by atoms with Gasteiger partial charge >= 0.3 is 0 Å².